The Kier molecular flexibility index (Phi) is 6.21. The Morgan fingerprint density at radius 2 is 2.14 bits per heavy atom. The predicted octanol–water partition coefficient (Wildman–Crippen LogP) is 3.67. The van der Waals surface area contributed by atoms with Crippen LogP contribution in [0, 0.1) is 13.8 Å². The summed E-state index contributed by atoms with van der Waals surface area (Å²) in [6, 6.07) is 5.76. The molecule has 0 aliphatic carbocycles. The average molecular weight is 337 g/mol. The lowest BCUT2D eigenvalue weighted by Gasteiger charge is -2.07. The molecule has 1 aromatic carbocycles. The molecular formula is C15H19N3O2S2. The number of nitrogens with one attached hydrogen (secondary N) is 1. The zero-order chi connectivity index (χ0) is 15.9. The van der Waals surface area contributed by atoms with E-state index in [0.717, 1.165) is 22.1 Å². The Balaban J connectivity index is 1.82. The SMILES string of the molecule is CCCSc1nnc(NC(=O)COc2ccc(C)c(C)c2)s1. The number of hydrogen-bond donors (Lipinski definition) is 1. The third kappa shape index (κ3) is 4.99. The summed E-state index contributed by atoms with van der Waals surface area (Å²) in [6.07, 6.45) is 1.08. The molecule has 0 saturated heterocycles. The molecule has 0 saturated carbocycles. The monoisotopic (exact) mass is 337 g/mol. The largest absolute Gasteiger partial charge is 0.484 e. The van der Waals surface area contributed by atoms with Gasteiger partial charge in [-0.15, -0.1) is 10.2 Å². The summed E-state index contributed by atoms with van der Waals surface area (Å²) >= 11 is 3.02. The van der Waals surface area contributed by atoms with Crippen LogP contribution in [0.4, 0.5) is 5.13 Å². The van der Waals surface area contributed by atoms with Gasteiger partial charge in [-0.25, -0.2) is 0 Å². The van der Waals surface area contributed by atoms with Crippen LogP contribution in [0.3, 0.4) is 0 Å². The predicted molar refractivity (Wildman–Crippen MR) is 91.0 cm³/mol. The van der Waals surface area contributed by atoms with Crippen LogP contribution < -0.4 is 10.1 Å². The molecule has 2 rings (SSSR count). The summed E-state index contributed by atoms with van der Waals surface area (Å²) in [6.45, 7) is 6.12. The number of carbonyl (C=O) groups is 1. The average Bonchev–Trinajstić information content (AvgIpc) is 2.94. The Morgan fingerprint density at radius 3 is 2.86 bits per heavy atom. The lowest BCUT2D eigenvalue weighted by molar-refractivity contribution is -0.118. The first kappa shape index (κ1) is 16.8. The molecule has 2 aromatic rings. The van der Waals surface area contributed by atoms with Crippen molar-refractivity contribution in [3.8, 4) is 5.75 Å². The normalized spacial score (nSPS) is 10.5. The molecule has 0 fully saturated rings. The maximum atomic E-state index is 11.9. The number of benzene rings is 1. The van der Waals surface area contributed by atoms with Crippen molar-refractivity contribution >= 4 is 34.1 Å². The third-order valence-corrected chi connectivity index (χ3v) is 5.11. The number of amides is 1. The molecule has 1 N–H and O–H groups in total. The zero-order valence-corrected chi connectivity index (χ0v) is 14.5. The van der Waals surface area contributed by atoms with E-state index in [2.05, 4.69) is 22.4 Å². The highest BCUT2D eigenvalue weighted by Crippen LogP contribution is 2.25. The van der Waals surface area contributed by atoms with E-state index in [4.69, 9.17) is 4.74 Å². The van der Waals surface area contributed by atoms with Crippen molar-refractivity contribution in [1.82, 2.24) is 10.2 Å². The van der Waals surface area contributed by atoms with Crippen LogP contribution in [0.1, 0.15) is 24.5 Å². The van der Waals surface area contributed by atoms with Gasteiger partial charge in [-0.05, 0) is 43.5 Å². The van der Waals surface area contributed by atoms with Gasteiger partial charge in [0, 0.05) is 5.75 Å². The van der Waals surface area contributed by atoms with Crippen molar-refractivity contribution in [1.29, 1.82) is 0 Å². The summed E-state index contributed by atoms with van der Waals surface area (Å²) in [5.74, 6) is 1.45. The number of thioether (sulfide) groups is 1. The van der Waals surface area contributed by atoms with Gasteiger partial charge in [0.05, 0.1) is 0 Å². The maximum Gasteiger partial charge on any atom is 0.264 e. The van der Waals surface area contributed by atoms with Crippen LogP contribution in [0.15, 0.2) is 22.5 Å². The first-order valence-electron chi connectivity index (χ1n) is 7.04. The molecule has 0 aliphatic rings. The van der Waals surface area contributed by atoms with E-state index in [0.29, 0.717) is 10.9 Å². The number of nitrogens with zero attached hydrogens (tertiary/aromatic N) is 2. The molecule has 0 unspecified atom stereocenters. The van der Waals surface area contributed by atoms with Gasteiger partial charge in [0.25, 0.3) is 5.91 Å². The van der Waals surface area contributed by atoms with E-state index < -0.39 is 0 Å². The van der Waals surface area contributed by atoms with E-state index in [1.54, 1.807) is 11.8 Å². The van der Waals surface area contributed by atoms with E-state index in [1.807, 2.05) is 32.0 Å². The van der Waals surface area contributed by atoms with Crippen molar-refractivity contribution in [2.24, 2.45) is 0 Å². The molecule has 0 atom stereocenters. The van der Waals surface area contributed by atoms with E-state index in [9.17, 15) is 4.79 Å². The van der Waals surface area contributed by atoms with Gasteiger partial charge >= 0.3 is 0 Å². The van der Waals surface area contributed by atoms with Gasteiger partial charge in [-0.3, -0.25) is 10.1 Å². The molecule has 7 heteroatoms. The Labute approximate surface area is 138 Å². The smallest absolute Gasteiger partial charge is 0.264 e. The summed E-state index contributed by atoms with van der Waals surface area (Å²) in [4.78, 5) is 11.9. The number of ether oxygens (including phenoxy) is 1. The van der Waals surface area contributed by atoms with Crippen LogP contribution in [-0.4, -0.2) is 28.5 Å². The van der Waals surface area contributed by atoms with E-state index in [-0.39, 0.29) is 12.5 Å². The van der Waals surface area contributed by atoms with Crippen molar-refractivity contribution in [2.75, 3.05) is 17.7 Å². The Morgan fingerprint density at radius 1 is 1.32 bits per heavy atom. The number of aryl methyl sites for hydroxylation is 2. The van der Waals surface area contributed by atoms with Crippen LogP contribution >= 0.6 is 23.1 Å². The minimum Gasteiger partial charge on any atom is -0.484 e. The summed E-state index contributed by atoms with van der Waals surface area (Å²) in [7, 11) is 0. The summed E-state index contributed by atoms with van der Waals surface area (Å²) < 4.78 is 6.35. The minimum absolute atomic E-state index is 0.0421. The van der Waals surface area contributed by atoms with Crippen LogP contribution in [0.25, 0.3) is 0 Å². The molecule has 22 heavy (non-hydrogen) atoms. The molecule has 0 bridgehead atoms. The molecule has 5 nitrogen and oxygen atoms in total. The quantitative estimate of drug-likeness (QED) is 0.617. The lowest BCUT2D eigenvalue weighted by atomic mass is 10.1. The fourth-order valence-corrected chi connectivity index (χ4v) is 3.31. The second-order valence-corrected chi connectivity index (χ2v) is 7.12. The van der Waals surface area contributed by atoms with Crippen molar-refractivity contribution in [2.45, 2.75) is 31.5 Å². The molecule has 1 aromatic heterocycles. The van der Waals surface area contributed by atoms with E-state index in [1.165, 1.54) is 16.9 Å². The molecule has 118 valence electrons. The third-order valence-electron chi connectivity index (χ3n) is 2.93. The Hall–Kier alpha value is -1.60. The zero-order valence-electron chi connectivity index (χ0n) is 12.9. The molecule has 1 amide bonds. The van der Waals surface area contributed by atoms with Crippen LogP contribution in [-0.2, 0) is 4.79 Å². The standard InChI is InChI=1S/C15H19N3O2S2/c1-4-7-21-15-18-17-14(22-15)16-13(19)9-20-12-6-5-10(2)11(3)8-12/h5-6,8H,4,7,9H2,1-3H3,(H,16,17,19). The molecular weight excluding hydrogens is 318 g/mol. The van der Waals surface area contributed by atoms with Gasteiger partial charge in [-0.2, -0.15) is 0 Å². The first-order valence-corrected chi connectivity index (χ1v) is 8.85. The van der Waals surface area contributed by atoms with E-state index >= 15 is 0 Å². The topological polar surface area (TPSA) is 64.1 Å². The van der Waals surface area contributed by atoms with Gasteiger partial charge in [0.15, 0.2) is 10.9 Å². The van der Waals surface area contributed by atoms with Crippen molar-refractivity contribution in [3.63, 3.8) is 0 Å². The lowest BCUT2D eigenvalue weighted by Crippen LogP contribution is -2.20. The van der Waals surface area contributed by atoms with Crippen LogP contribution in [0.2, 0.25) is 0 Å². The fourth-order valence-electron chi connectivity index (χ4n) is 1.62. The minimum atomic E-state index is -0.235. The van der Waals surface area contributed by atoms with Gasteiger partial charge < -0.3 is 4.74 Å². The number of hydrogen-bond acceptors (Lipinski definition) is 6. The van der Waals surface area contributed by atoms with Gasteiger partial charge in [-0.1, -0.05) is 36.1 Å². The molecule has 0 radical (unpaired) electrons. The maximum absolute atomic E-state index is 11.9. The van der Waals surface area contributed by atoms with Crippen molar-refractivity contribution in [3.05, 3.63) is 29.3 Å². The molecule has 0 aliphatic heterocycles. The highest BCUT2D eigenvalue weighted by Gasteiger charge is 2.09. The fraction of sp³-hybridized carbons (Fsp3) is 0.400. The first-order chi connectivity index (χ1) is 10.6. The Bertz CT molecular complexity index is 643. The summed E-state index contributed by atoms with van der Waals surface area (Å²) in [5, 5.41) is 11.2. The second kappa shape index (κ2) is 8.14. The number of aromatic nitrogens is 2. The second-order valence-electron chi connectivity index (χ2n) is 4.80. The highest BCUT2D eigenvalue weighted by atomic mass is 32.2. The van der Waals surface area contributed by atoms with Crippen molar-refractivity contribution < 1.29 is 9.53 Å². The van der Waals surface area contributed by atoms with Gasteiger partial charge in [0.1, 0.15) is 5.75 Å². The highest BCUT2D eigenvalue weighted by molar-refractivity contribution is 8.01. The molecule has 0 spiro atoms. The van der Waals surface area contributed by atoms with Gasteiger partial charge in [0.2, 0.25) is 5.13 Å². The number of anilines is 1. The number of carbonyl (C=O) groups excluding carboxylic acids is 1. The molecule has 1 heterocycles. The summed E-state index contributed by atoms with van der Waals surface area (Å²) in [5.41, 5.74) is 2.34. The number of rotatable bonds is 7. The van der Waals surface area contributed by atoms with Crippen LogP contribution in [0.5, 0.6) is 5.75 Å².